The lowest BCUT2D eigenvalue weighted by molar-refractivity contribution is -0.155. The first-order valence-corrected chi connectivity index (χ1v) is 6.58. The number of hydrogen-bond donors (Lipinski definition) is 3. The van der Waals surface area contributed by atoms with Crippen LogP contribution in [0.25, 0.3) is 10.8 Å². The third kappa shape index (κ3) is 2.88. The Morgan fingerprint density at radius 2 is 1.89 bits per heavy atom. The molecule has 0 aliphatic rings. The van der Waals surface area contributed by atoms with Crippen LogP contribution in [-0.4, -0.2) is 28.3 Å². The molecule has 3 N–H and O–H groups in total. The van der Waals surface area contributed by atoms with Gasteiger partial charge in [0.1, 0.15) is 0 Å². The van der Waals surface area contributed by atoms with Gasteiger partial charge in [-0.2, -0.15) is 0 Å². The van der Waals surface area contributed by atoms with Crippen LogP contribution in [0, 0.1) is 0 Å². The highest BCUT2D eigenvalue weighted by Crippen LogP contribution is 2.30. The van der Waals surface area contributed by atoms with E-state index < -0.39 is 11.6 Å². The molecule has 0 spiro atoms. The maximum atomic E-state index is 10.9. The summed E-state index contributed by atoms with van der Waals surface area (Å²) in [5, 5.41) is 23.6. The standard InChI is InChI=1S/C14H14BrNO3/c1-14(19,13(17)18)8-16-12-7-6-11(15)9-4-2-3-5-10(9)12/h2-7,16,19H,8H2,1H3,(H,17,18). The Morgan fingerprint density at radius 1 is 1.26 bits per heavy atom. The van der Waals surface area contributed by atoms with Crippen molar-refractivity contribution in [3.05, 3.63) is 40.9 Å². The van der Waals surface area contributed by atoms with Crippen LogP contribution >= 0.6 is 15.9 Å². The lowest BCUT2D eigenvalue weighted by atomic mass is 10.1. The molecule has 0 saturated carbocycles. The van der Waals surface area contributed by atoms with Gasteiger partial charge in [-0.1, -0.05) is 40.2 Å². The predicted molar refractivity (Wildman–Crippen MR) is 78.4 cm³/mol. The molecule has 0 heterocycles. The first-order valence-electron chi connectivity index (χ1n) is 5.79. The molecule has 2 aromatic rings. The third-order valence-corrected chi connectivity index (χ3v) is 3.65. The molecular formula is C14H14BrNO3. The number of carbonyl (C=O) groups is 1. The number of nitrogens with one attached hydrogen (secondary N) is 1. The van der Waals surface area contributed by atoms with Crippen molar-refractivity contribution in [1.82, 2.24) is 0 Å². The average Bonchev–Trinajstić information content (AvgIpc) is 2.38. The zero-order valence-corrected chi connectivity index (χ0v) is 11.9. The summed E-state index contributed by atoms with van der Waals surface area (Å²) in [5.41, 5.74) is -1.01. The van der Waals surface area contributed by atoms with Gasteiger partial charge in [0, 0.05) is 15.5 Å². The smallest absolute Gasteiger partial charge is 0.337 e. The molecule has 5 heteroatoms. The van der Waals surface area contributed by atoms with Gasteiger partial charge in [-0.15, -0.1) is 0 Å². The third-order valence-electron chi connectivity index (χ3n) is 2.95. The molecule has 2 aromatic carbocycles. The molecule has 4 nitrogen and oxygen atoms in total. The van der Waals surface area contributed by atoms with E-state index in [-0.39, 0.29) is 6.54 Å². The van der Waals surface area contributed by atoms with Gasteiger partial charge >= 0.3 is 5.97 Å². The molecule has 0 saturated heterocycles. The van der Waals surface area contributed by atoms with Gasteiger partial charge in [-0.25, -0.2) is 4.79 Å². The number of carboxylic acids is 1. The lowest BCUT2D eigenvalue weighted by Crippen LogP contribution is -2.41. The van der Waals surface area contributed by atoms with E-state index in [4.69, 9.17) is 5.11 Å². The molecule has 100 valence electrons. The fourth-order valence-electron chi connectivity index (χ4n) is 1.76. The van der Waals surface area contributed by atoms with Crippen molar-refractivity contribution >= 4 is 38.4 Å². The zero-order chi connectivity index (χ0) is 14.0. The summed E-state index contributed by atoms with van der Waals surface area (Å²) < 4.78 is 0.971. The van der Waals surface area contributed by atoms with Gasteiger partial charge in [0.25, 0.3) is 0 Å². The first-order chi connectivity index (χ1) is 8.92. The Hall–Kier alpha value is -1.59. The van der Waals surface area contributed by atoms with Crippen molar-refractivity contribution in [2.45, 2.75) is 12.5 Å². The number of carboxylic acid groups (broad SMARTS) is 1. The van der Waals surface area contributed by atoms with Gasteiger partial charge in [-0.05, 0) is 24.4 Å². The van der Waals surface area contributed by atoms with Crippen LogP contribution in [0.5, 0.6) is 0 Å². The summed E-state index contributed by atoms with van der Waals surface area (Å²) in [6.45, 7) is 1.21. The van der Waals surface area contributed by atoms with E-state index in [9.17, 15) is 9.90 Å². The fraction of sp³-hybridized carbons (Fsp3) is 0.214. The number of fused-ring (bicyclic) bond motifs is 1. The van der Waals surface area contributed by atoms with Gasteiger partial charge in [-0.3, -0.25) is 0 Å². The Kier molecular flexibility index (Phi) is 3.78. The molecule has 0 radical (unpaired) electrons. The second-order valence-corrected chi connectivity index (χ2v) is 5.43. The van der Waals surface area contributed by atoms with Crippen molar-refractivity contribution < 1.29 is 15.0 Å². The van der Waals surface area contributed by atoms with Gasteiger partial charge < -0.3 is 15.5 Å². The van der Waals surface area contributed by atoms with E-state index in [0.717, 1.165) is 20.9 Å². The highest BCUT2D eigenvalue weighted by molar-refractivity contribution is 9.10. The Labute approximate surface area is 119 Å². The van der Waals surface area contributed by atoms with E-state index in [1.165, 1.54) is 6.92 Å². The van der Waals surface area contributed by atoms with E-state index in [0.29, 0.717) is 0 Å². The minimum Gasteiger partial charge on any atom is -0.479 e. The van der Waals surface area contributed by atoms with E-state index in [1.807, 2.05) is 36.4 Å². The second-order valence-electron chi connectivity index (χ2n) is 4.57. The van der Waals surface area contributed by atoms with Gasteiger partial charge in [0.05, 0.1) is 6.54 Å². The van der Waals surface area contributed by atoms with E-state index in [2.05, 4.69) is 21.2 Å². The number of anilines is 1. The number of hydrogen-bond acceptors (Lipinski definition) is 3. The fourth-order valence-corrected chi connectivity index (χ4v) is 2.24. The summed E-state index contributed by atoms with van der Waals surface area (Å²) in [5.74, 6) is -1.25. The van der Waals surface area contributed by atoms with Crippen LogP contribution < -0.4 is 5.32 Å². The van der Waals surface area contributed by atoms with Crippen molar-refractivity contribution in [3.63, 3.8) is 0 Å². The zero-order valence-electron chi connectivity index (χ0n) is 10.4. The van der Waals surface area contributed by atoms with E-state index in [1.54, 1.807) is 0 Å². The largest absolute Gasteiger partial charge is 0.479 e. The second kappa shape index (κ2) is 5.19. The highest BCUT2D eigenvalue weighted by Gasteiger charge is 2.29. The number of halogens is 1. The van der Waals surface area contributed by atoms with Crippen LogP contribution in [0.15, 0.2) is 40.9 Å². The molecule has 0 fully saturated rings. The predicted octanol–water partition coefficient (Wildman–Crippen LogP) is 2.85. The Morgan fingerprint density at radius 3 is 2.53 bits per heavy atom. The number of rotatable bonds is 4. The molecule has 19 heavy (non-hydrogen) atoms. The minimum absolute atomic E-state index is 0.0615. The molecule has 1 unspecified atom stereocenters. The summed E-state index contributed by atoms with van der Waals surface area (Å²) >= 11 is 3.47. The number of aliphatic carboxylic acids is 1. The number of benzene rings is 2. The average molecular weight is 324 g/mol. The molecule has 0 amide bonds. The Balaban J connectivity index is 2.32. The SMILES string of the molecule is CC(O)(CNc1ccc(Br)c2ccccc12)C(=O)O. The molecule has 0 aliphatic heterocycles. The van der Waals surface area contributed by atoms with Crippen LogP contribution in [0.1, 0.15) is 6.92 Å². The maximum Gasteiger partial charge on any atom is 0.337 e. The normalized spacial score (nSPS) is 14.1. The van der Waals surface area contributed by atoms with Gasteiger partial charge in [0.2, 0.25) is 0 Å². The van der Waals surface area contributed by atoms with Crippen molar-refractivity contribution in [3.8, 4) is 0 Å². The van der Waals surface area contributed by atoms with Crippen molar-refractivity contribution in [2.24, 2.45) is 0 Å². The van der Waals surface area contributed by atoms with Crippen LogP contribution in [0.2, 0.25) is 0 Å². The van der Waals surface area contributed by atoms with Gasteiger partial charge in [0.15, 0.2) is 5.60 Å². The van der Waals surface area contributed by atoms with Crippen molar-refractivity contribution in [1.29, 1.82) is 0 Å². The molecule has 0 aliphatic carbocycles. The monoisotopic (exact) mass is 323 g/mol. The van der Waals surface area contributed by atoms with E-state index >= 15 is 0 Å². The molecule has 0 aromatic heterocycles. The van der Waals surface area contributed by atoms with Crippen LogP contribution in [-0.2, 0) is 4.79 Å². The Bertz CT molecular complexity index is 625. The summed E-state index contributed by atoms with van der Waals surface area (Å²) in [6.07, 6.45) is 0. The molecular weight excluding hydrogens is 310 g/mol. The summed E-state index contributed by atoms with van der Waals surface area (Å²) in [6, 6.07) is 11.5. The lowest BCUT2D eigenvalue weighted by Gasteiger charge is -2.20. The summed E-state index contributed by atoms with van der Waals surface area (Å²) in [4.78, 5) is 10.9. The van der Waals surface area contributed by atoms with Crippen LogP contribution in [0.3, 0.4) is 0 Å². The maximum absolute atomic E-state index is 10.9. The van der Waals surface area contributed by atoms with Crippen LogP contribution in [0.4, 0.5) is 5.69 Å². The highest BCUT2D eigenvalue weighted by atomic mass is 79.9. The van der Waals surface area contributed by atoms with Crippen molar-refractivity contribution in [2.75, 3.05) is 11.9 Å². The minimum atomic E-state index is -1.80. The number of aliphatic hydroxyl groups is 1. The molecule has 0 bridgehead atoms. The molecule has 2 rings (SSSR count). The topological polar surface area (TPSA) is 69.6 Å². The molecule has 1 atom stereocenters. The summed E-state index contributed by atoms with van der Waals surface area (Å²) in [7, 11) is 0. The quantitative estimate of drug-likeness (QED) is 0.809. The first kappa shape index (κ1) is 13.8.